The van der Waals surface area contributed by atoms with E-state index in [-0.39, 0.29) is 17.9 Å². The first-order valence-corrected chi connectivity index (χ1v) is 11.3. The van der Waals surface area contributed by atoms with Crippen molar-refractivity contribution in [1.29, 1.82) is 0 Å². The zero-order chi connectivity index (χ0) is 24.3. The third-order valence-corrected chi connectivity index (χ3v) is 5.94. The molecule has 11 heteroatoms. The normalized spacial score (nSPS) is 14.8. The molecule has 1 N–H and O–H groups in total. The van der Waals surface area contributed by atoms with E-state index >= 15 is 0 Å². The van der Waals surface area contributed by atoms with E-state index in [9.17, 15) is 14.4 Å². The summed E-state index contributed by atoms with van der Waals surface area (Å²) in [6.45, 7) is 13.7. The van der Waals surface area contributed by atoms with Crippen LogP contribution in [0.15, 0.2) is 6.20 Å². The molecule has 0 aromatic carbocycles. The molecule has 180 valence electrons. The molecular formula is C22H33N7O4. The third kappa shape index (κ3) is 5.01. The molecule has 3 amide bonds. The van der Waals surface area contributed by atoms with Gasteiger partial charge in [-0.1, -0.05) is 0 Å². The number of carbonyl (C=O) groups excluding carboxylic acids is 3. The SMILES string of the molecule is CCOC(=O)N1CCN(C(=O)C(C)n2cc(NC(=O)c3c(C)nn(CC)c3C)c(C)n2)CC1. The first-order chi connectivity index (χ1) is 15.7. The number of anilines is 1. The van der Waals surface area contributed by atoms with Crippen LogP contribution >= 0.6 is 0 Å². The molecule has 2 aromatic rings. The van der Waals surface area contributed by atoms with Crippen LogP contribution in [-0.2, 0) is 16.1 Å². The van der Waals surface area contributed by atoms with Gasteiger partial charge in [0.15, 0.2) is 0 Å². The van der Waals surface area contributed by atoms with Crippen molar-refractivity contribution in [3.8, 4) is 0 Å². The van der Waals surface area contributed by atoms with Crippen molar-refractivity contribution in [2.45, 2.75) is 54.1 Å². The average molecular weight is 460 g/mol. The van der Waals surface area contributed by atoms with Crippen LogP contribution in [0.3, 0.4) is 0 Å². The quantitative estimate of drug-likeness (QED) is 0.708. The molecule has 0 bridgehead atoms. The molecule has 1 aliphatic rings. The lowest BCUT2D eigenvalue weighted by atomic mass is 10.2. The minimum absolute atomic E-state index is 0.0882. The van der Waals surface area contributed by atoms with E-state index in [1.165, 1.54) is 0 Å². The highest BCUT2D eigenvalue weighted by atomic mass is 16.6. The van der Waals surface area contributed by atoms with Gasteiger partial charge in [0.05, 0.1) is 29.2 Å². The molecule has 1 unspecified atom stereocenters. The van der Waals surface area contributed by atoms with E-state index < -0.39 is 6.04 Å². The summed E-state index contributed by atoms with van der Waals surface area (Å²) in [7, 11) is 0. The minimum Gasteiger partial charge on any atom is -0.450 e. The Balaban J connectivity index is 1.66. The van der Waals surface area contributed by atoms with Crippen molar-refractivity contribution < 1.29 is 19.1 Å². The van der Waals surface area contributed by atoms with Crippen LogP contribution in [-0.4, -0.2) is 80.1 Å². The lowest BCUT2D eigenvalue weighted by Gasteiger charge is -2.35. The van der Waals surface area contributed by atoms with E-state index in [1.807, 2.05) is 20.8 Å². The van der Waals surface area contributed by atoms with Crippen LogP contribution in [0.2, 0.25) is 0 Å². The van der Waals surface area contributed by atoms with Crippen LogP contribution in [0.4, 0.5) is 10.5 Å². The molecule has 0 radical (unpaired) electrons. The van der Waals surface area contributed by atoms with Crippen LogP contribution in [0.1, 0.15) is 54.3 Å². The Hall–Kier alpha value is -3.37. The Morgan fingerprint density at radius 2 is 1.67 bits per heavy atom. The fourth-order valence-corrected chi connectivity index (χ4v) is 4.02. The van der Waals surface area contributed by atoms with Crippen molar-refractivity contribution in [1.82, 2.24) is 29.4 Å². The van der Waals surface area contributed by atoms with Gasteiger partial charge in [0.2, 0.25) is 5.91 Å². The van der Waals surface area contributed by atoms with Gasteiger partial charge >= 0.3 is 6.09 Å². The van der Waals surface area contributed by atoms with Crippen molar-refractivity contribution >= 4 is 23.6 Å². The van der Waals surface area contributed by atoms with Gasteiger partial charge in [0.25, 0.3) is 5.91 Å². The van der Waals surface area contributed by atoms with E-state index in [2.05, 4.69) is 15.5 Å². The Morgan fingerprint density at radius 1 is 1.03 bits per heavy atom. The highest BCUT2D eigenvalue weighted by molar-refractivity contribution is 6.06. The fraction of sp³-hybridized carbons (Fsp3) is 0.591. The van der Waals surface area contributed by atoms with Gasteiger partial charge < -0.3 is 19.9 Å². The van der Waals surface area contributed by atoms with Gasteiger partial charge in [-0.25, -0.2) is 4.79 Å². The maximum Gasteiger partial charge on any atom is 0.409 e. The number of aryl methyl sites for hydroxylation is 3. The first kappa shape index (κ1) is 24.3. The summed E-state index contributed by atoms with van der Waals surface area (Å²) in [5, 5.41) is 11.8. The second-order valence-corrected chi connectivity index (χ2v) is 8.11. The molecule has 1 atom stereocenters. The standard InChI is InChI=1S/C22H33N7O4/c1-7-28-16(5)19(15(4)25-28)20(30)23-18-13-29(24-14(18)3)17(6)21(31)26-9-11-27(12-10-26)22(32)33-8-2/h13,17H,7-12H2,1-6H3,(H,23,30). The first-order valence-electron chi connectivity index (χ1n) is 11.3. The van der Waals surface area contributed by atoms with Crippen LogP contribution in [0, 0.1) is 20.8 Å². The Kier molecular flexibility index (Phi) is 7.39. The summed E-state index contributed by atoms with van der Waals surface area (Å²) in [5.74, 6) is -0.337. The summed E-state index contributed by atoms with van der Waals surface area (Å²) in [6.07, 6.45) is 1.33. The number of hydrogen-bond acceptors (Lipinski definition) is 6. The highest BCUT2D eigenvalue weighted by Gasteiger charge is 2.29. The third-order valence-electron chi connectivity index (χ3n) is 5.94. The molecule has 1 fully saturated rings. The lowest BCUT2D eigenvalue weighted by Crippen LogP contribution is -2.52. The molecule has 1 aliphatic heterocycles. The maximum absolute atomic E-state index is 13.0. The second kappa shape index (κ2) is 10.1. The molecule has 33 heavy (non-hydrogen) atoms. The molecular weight excluding hydrogens is 426 g/mol. The maximum atomic E-state index is 13.0. The predicted molar refractivity (Wildman–Crippen MR) is 122 cm³/mol. The largest absolute Gasteiger partial charge is 0.450 e. The smallest absolute Gasteiger partial charge is 0.409 e. The monoisotopic (exact) mass is 459 g/mol. The minimum atomic E-state index is -0.546. The molecule has 0 saturated carbocycles. The van der Waals surface area contributed by atoms with Crippen molar-refractivity contribution in [3.63, 3.8) is 0 Å². The molecule has 0 spiro atoms. The topological polar surface area (TPSA) is 115 Å². The molecule has 2 aromatic heterocycles. The number of nitrogens with zero attached hydrogens (tertiary/aromatic N) is 6. The number of nitrogens with one attached hydrogen (secondary N) is 1. The number of hydrogen-bond donors (Lipinski definition) is 1. The van der Waals surface area contributed by atoms with Crippen molar-refractivity contribution in [2.24, 2.45) is 0 Å². The zero-order valence-electron chi connectivity index (χ0n) is 20.2. The van der Waals surface area contributed by atoms with E-state index in [1.54, 1.807) is 46.1 Å². The Morgan fingerprint density at radius 3 is 2.24 bits per heavy atom. The van der Waals surface area contributed by atoms with Crippen LogP contribution in [0.5, 0.6) is 0 Å². The van der Waals surface area contributed by atoms with Crippen molar-refractivity contribution in [2.75, 3.05) is 38.1 Å². The van der Waals surface area contributed by atoms with Gasteiger partial charge in [-0.2, -0.15) is 10.2 Å². The number of carbonyl (C=O) groups is 3. The van der Waals surface area contributed by atoms with E-state index in [0.29, 0.717) is 62.0 Å². The predicted octanol–water partition coefficient (Wildman–Crippen LogP) is 2.14. The van der Waals surface area contributed by atoms with Gasteiger partial charge in [-0.3, -0.25) is 19.0 Å². The van der Waals surface area contributed by atoms with Crippen molar-refractivity contribution in [3.05, 3.63) is 28.8 Å². The zero-order valence-corrected chi connectivity index (χ0v) is 20.2. The van der Waals surface area contributed by atoms with Crippen LogP contribution < -0.4 is 5.32 Å². The summed E-state index contributed by atoms with van der Waals surface area (Å²) in [4.78, 5) is 41.1. The molecule has 3 rings (SSSR count). The van der Waals surface area contributed by atoms with Gasteiger partial charge in [-0.15, -0.1) is 0 Å². The molecule has 3 heterocycles. The number of piperazine rings is 1. The lowest BCUT2D eigenvalue weighted by molar-refractivity contribution is -0.136. The average Bonchev–Trinajstić information content (AvgIpc) is 3.30. The summed E-state index contributed by atoms with van der Waals surface area (Å²) in [6, 6.07) is -0.546. The summed E-state index contributed by atoms with van der Waals surface area (Å²) in [5.41, 5.74) is 3.20. The molecule has 0 aliphatic carbocycles. The molecule has 11 nitrogen and oxygen atoms in total. The highest BCUT2D eigenvalue weighted by Crippen LogP contribution is 2.21. The Labute approximate surface area is 193 Å². The number of ether oxygens (including phenoxy) is 1. The van der Waals surface area contributed by atoms with E-state index in [4.69, 9.17) is 4.74 Å². The van der Waals surface area contributed by atoms with Gasteiger partial charge in [-0.05, 0) is 41.5 Å². The second-order valence-electron chi connectivity index (χ2n) is 8.11. The Bertz CT molecular complexity index is 1030. The fourth-order valence-electron chi connectivity index (χ4n) is 4.02. The summed E-state index contributed by atoms with van der Waals surface area (Å²) < 4.78 is 8.39. The summed E-state index contributed by atoms with van der Waals surface area (Å²) >= 11 is 0. The number of aromatic nitrogens is 4. The number of rotatable bonds is 6. The number of amides is 3. The van der Waals surface area contributed by atoms with Gasteiger partial charge in [0, 0.05) is 44.6 Å². The van der Waals surface area contributed by atoms with Crippen LogP contribution in [0.25, 0.3) is 0 Å². The van der Waals surface area contributed by atoms with Gasteiger partial charge in [0.1, 0.15) is 6.04 Å². The van der Waals surface area contributed by atoms with E-state index in [0.717, 1.165) is 5.69 Å². The molecule has 1 saturated heterocycles.